The van der Waals surface area contributed by atoms with E-state index in [1.165, 1.54) is 17.6 Å². The number of carbonyl (C=O) groups is 1. The Morgan fingerprint density at radius 2 is 2.15 bits per heavy atom. The molecule has 0 fully saturated rings. The van der Waals surface area contributed by atoms with Gasteiger partial charge in [-0.25, -0.2) is 5.48 Å². The Hall–Kier alpha value is -1.75. The van der Waals surface area contributed by atoms with Gasteiger partial charge in [0.15, 0.2) is 18.1 Å². The third kappa shape index (κ3) is 2.64. The maximum atomic E-state index is 10.5. The lowest BCUT2D eigenvalue weighted by Gasteiger charge is -2.05. The molecule has 1 aromatic rings. The van der Waals surface area contributed by atoms with E-state index in [9.17, 15) is 9.90 Å². The van der Waals surface area contributed by atoms with Crippen molar-refractivity contribution in [2.45, 2.75) is 0 Å². The van der Waals surface area contributed by atoms with Gasteiger partial charge in [-0.2, -0.15) is 0 Å². The summed E-state index contributed by atoms with van der Waals surface area (Å²) >= 11 is 0. The molecule has 0 bridgehead atoms. The number of hydrogen-bond acceptors (Lipinski definition) is 4. The molecule has 0 aliphatic heterocycles. The molecule has 0 atom stereocenters. The molecule has 13 heavy (non-hydrogen) atoms. The molecule has 1 amide bonds. The van der Waals surface area contributed by atoms with Crippen LogP contribution in [0.1, 0.15) is 0 Å². The first-order valence-corrected chi connectivity index (χ1v) is 3.58. The van der Waals surface area contributed by atoms with E-state index in [4.69, 9.17) is 9.94 Å². The van der Waals surface area contributed by atoms with Crippen LogP contribution in [0.5, 0.6) is 11.5 Å². The molecule has 0 aliphatic carbocycles. The molecule has 1 aromatic carbocycles. The number of phenols is 1. The van der Waals surface area contributed by atoms with Crippen LogP contribution in [-0.2, 0) is 4.79 Å². The summed E-state index contributed by atoms with van der Waals surface area (Å²) in [7, 11) is 0. The van der Waals surface area contributed by atoms with Gasteiger partial charge in [-0.1, -0.05) is 12.1 Å². The van der Waals surface area contributed by atoms with Gasteiger partial charge >= 0.3 is 0 Å². The third-order valence-electron chi connectivity index (χ3n) is 1.35. The molecule has 0 spiro atoms. The monoisotopic (exact) mass is 183 g/mol. The van der Waals surface area contributed by atoms with Gasteiger partial charge in [0.05, 0.1) is 0 Å². The van der Waals surface area contributed by atoms with E-state index < -0.39 is 5.91 Å². The van der Waals surface area contributed by atoms with Gasteiger partial charge in [0.2, 0.25) is 0 Å². The molecule has 0 saturated carbocycles. The molecule has 0 unspecified atom stereocenters. The SMILES string of the molecule is O=C(COc1ccccc1O)NO. The molecule has 0 heterocycles. The van der Waals surface area contributed by atoms with E-state index in [2.05, 4.69) is 0 Å². The van der Waals surface area contributed by atoms with Gasteiger partial charge in [0.25, 0.3) is 5.91 Å². The zero-order valence-corrected chi connectivity index (χ0v) is 6.73. The van der Waals surface area contributed by atoms with Crippen molar-refractivity contribution < 1.29 is 19.8 Å². The molecule has 70 valence electrons. The van der Waals surface area contributed by atoms with E-state index in [1.807, 2.05) is 0 Å². The van der Waals surface area contributed by atoms with Gasteiger partial charge in [-0.05, 0) is 12.1 Å². The van der Waals surface area contributed by atoms with Crippen molar-refractivity contribution in [2.75, 3.05) is 6.61 Å². The number of ether oxygens (including phenoxy) is 1. The first-order chi connectivity index (χ1) is 6.24. The number of hydroxylamine groups is 1. The molecular weight excluding hydrogens is 174 g/mol. The fourth-order valence-corrected chi connectivity index (χ4v) is 0.755. The van der Waals surface area contributed by atoms with Crippen molar-refractivity contribution in [3.63, 3.8) is 0 Å². The van der Waals surface area contributed by atoms with Crippen LogP contribution in [0.15, 0.2) is 24.3 Å². The molecule has 0 aliphatic rings. The Kier molecular flexibility index (Phi) is 3.10. The zero-order chi connectivity index (χ0) is 9.68. The molecular formula is C8H9NO4. The standard InChI is InChI=1S/C8H9NO4/c10-6-3-1-2-4-7(6)13-5-8(11)9-12/h1-4,10,12H,5H2,(H,9,11). The van der Waals surface area contributed by atoms with Crippen LogP contribution in [0.25, 0.3) is 0 Å². The predicted molar refractivity (Wildman–Crippen MR) is 43.5 cm³/mol. The van der Waals surface area contributed by atoms with Crippen molar-refractivity contribution in [1.29, 1.82) is 0 Å². The van der Waals surface area contributed by atoms with E-state index in [-0.39, 0.29) is 18.1 Å². The van der Waals surface area contributed by atoms with E-state index >= 15 is 0 Å². The van der Waals surface area contributed by atoms with E-state index in [0.717, 1.165) is 0 Å². The fourth-order valence-electron chi connectivity index (χ4n) is 0.755. The van der Waals surface area contributed by atoms with Crippen LogP contribution in [0, 0.1) is 0 Å². The maximum Gasteiger partial charge on any atom is 0.281 e. The second-order valence-corrected chi connectivity index (χ2v) is 2.29. The van der Waals surface area contributed by atoms with Crippen molar-refractivity contribution >= 4 is 5.91 Å². The number of hydrogen-bond donors (Lipinski definition) is 3. The van der Waals surface area contributed by atoms with Crippen LogP contribution >= 0.6 is 0 Å². The lowest BCUT2D eigenvalue weighted by Crippen LogP contribution is -2.25. The highest BCUT2D eigenvalue weighted by Gasteiger charge is 2.03. The van der Waals surface area contributed by atoms with Crippen LogP contribution in [-0.4, -0.2) is 22.8 Å². The Morgan fingerprint density at radius 1 is 1.46 bits per heavy atom. The molecule has 0 radical (unpaired) electrons. The smallest absolute Gasteiger partial charge is 0.281 e. The number of rotatable bonds is 3. The lowest BCUT2D eigenvalue weighted by molar-refractivity contribution is -0.131. The number of aromatic hydroxyl groups is 1. The van der Waals surface area contributed by atoms with Gasteiger partial charge in [0.1, 0.15) is 0 Å². The minimum atomic E-state index is -0.678. The molecule has 3 N–H and O–H groups in total. The number of nitrogens with one attached hydrogen (secondary N) is 1. The number of carbonyl (C=O) groups excluding carboxylic acids is 1. The van der Waals surface area contributed by atoms with Crippen LogP contribution in [0.3, 0.4) is 0 Å². The van der Waals surface area contributed by atoms with Crippen LogP contribution < -0.4 is 10.2 Å². The summed E-state index contributed by atoms with van der Waals surface area (Å²) in [6, 6.07) is 6.24. The van der Waals surface area contributed by atoms with Crippen LogP contribution in [0.4, 0.5) is 0 Å². The van der Waals surface area contributed by atoms with E-state index in [1.54, 1.807) is 12.1 Å². The average molecular weight is 183 g/mol. The highest BCUT2D eigenvalue weighted by molar-refractivity contribution is 5.76. The summed E-state index contributed by atoms with van der Waals surface area (Å²) in [6.07, 6.45) is 0. The molecule has 1 rings (SSSR count). The number of benzene rings is 1. The van der Waals surface area contributed by atoms with Crippen molar-refractivity contribution in [3.05, 3.63) is 24.3 Å². The van der Waals surface area contributed by atoms with Crippen molar-refractivity contribution in [3.8, 4) is 11.5 Å². The van der Waals surface area contributed by atoms with Crippen molar-refractivity contribution in [2.24, 2.45) is 0 Å². The summed E-state index contributed by atoms with van der Waals surface area (Å²) in [5.74, 6) is -0.525. The minimum absolute atomic E-state index is 0.0479. The Labute approximate surface area is 74.5 Å². The predicted octanol–water partition coefficient (Wildman–Crippen LogP) is 0.276. The summed E-state index contributed by atoms with van der Waals surface area (Å²) < 4.78 is 4.87. The molecule has 5 nitrogen and oxygen atoms in total. The zero-order valence-electron chi connectivity index (χ0n) is 6.73. The van der Waals surface area contributed by atoms with E-state index in [0.29, 0.717) is 0 Å². The summed E-state index contributed by atoms with van der Waals surface area (Å²) in [5, 5.41) is 17.3. The number of amides is 1. The molecule has 0 aromatic heterocycles. The van der Waals surface area contributed by atoms with Crippen LogP contribution in [0.2, 0.25) is 0 Å². The van der Waals surface area contributed by atoms with Gasteiger partial charge in [0, 0.05) is 0 Å². The Morgan fingerprint density at radius 3 is 2.77 bits per heavy atom. The topological polar surface area (TPSA) is 78.8 Å². The highest BCUT2D eigenvalue weighted by Crippen LogP contribution is 2.23. The normalized spacial score (nSPS) is 9.31. The number of phenolic OH excluding ortho intramolecular Hbond substituents is 1. The second kappa shape index (κ2) is 4.32. The third-order valence-corrected chi connectivity index (χ3v) is 1.35. The molecule has 0 saturated heterocycles. The summed E-state index contributed by atoms with van der Waals surface area (Å²) in [4.78, 5) is 10.5. The first kappa shape index (κ1) is 9.34. The Bertz CT molecular complexity index is 300. The first-order valence-electron chi connectivity index (χ1n) is 3.58. The van der Waals surface area contributed by atoms with Gasteiger partial charge < -0.3 is 9.84 Å². The maximum absolute atomic E-state index is 10.5. The fraction of sp³-hybridized carbons (Fsp3) is 0.125. The summed E-state index contributed by atoms with van der Waals surface area (Å²) in [5.41, 5.74) is 1.41. The van der Waals surface area contributed by atoms with Crippen molar-refractivity contribution in [1.82, 2.24) is 5.48 Å². The average Bonchev–Trinajstić information content (AvgIpc) is 2.16. The summed E-state index contributed by atoms with van der Waals surface area (Å²) in [6.45, 7) is -0.339. The quantitative estimate of drug-likeness (QED) is 0.464. The highest BCUT2D eigenvalue weighted by atomic mass is 16.5. The van der Waals surface area contributed by atoms with Gasteiger partial charge in [-0.3, -0.25) is 10.0 Å². The van der Waals surface area contributed by atoms with Gasteiger partial charge in [-0.15, -0.1) is 0 Å². The molecule has 5 heteroatoms. The minimum Gasteiger partial charge on any atom is -0.504 e. The largest absolute Gasteiger partial charge is 0.504 e. The second-order valence-electron chi connectivity index (χ2n) is 2.29. The number of para-hydroxylation sites is 2. The Balaban J connectivity index is 2.54. The lowest BCUT2D eigenvalue weighted by atomic mass is 10.3.